The molecule has 0 aromatic heterocycles. The van der Waals surface area contributed by atoms with Gasteiger partial charge in [-0.2, -0.15) is 0 Å². The number of aromatic hydroxyl groups is 1. The molecule has 1 aliphatic heterocycles. The zero-order valence-corrected chi connectivity index (χ0v) is 13.1. The fourth-order valence-corrected chi connectivity index (χ4v) is 3.48. The van der Waals surface area contributed by atoms with Crippen LogP contribution in [0.5, 0.6) is 5.75 Å². The molecular weight excluding hydrogens is 312 g/mol. The molecule has 2 amide bonds. The SMILES string of the molecule is NC(=O)c1cc(O)ccc1C[CH]C(=O)NC12CCC[C@@H]1OCC2=O. The van der Waals surface area contributed by atoms with E-state index in [9.17, 15) is 19.5 Å². The highest BCUT2D eigenvalue weighted by molar-refractivity contribution is 5.98. The number of phenolic OH excluding ortho intramolecular Hbond substituents is 1. The van der Waals surface area contributed by atoms with Crippen molar-refractivity contribution in [1.29, 1.82) is 0 Å². The molecule has 1 heterocycles. The third-order valence-corrected chi connectivity index (χ3v) is 4.71. The number of phenols is 1. The molecule has 7 nitrogen and oxygen atoms in total. The van der Waals surface area contributed by atoms with Crippen LogP contribution in [0.25, 0.3) is 0 Å². The number of hydrogen-bond acceptors (Lipinski definition) is 5. The first-order chi connectivity index (χ1) is 11.4. The van der Waals surface area contributed by atoms with Gasteiger partial charge in [0.25, 0.3) is 0 Å². The van der Waals surface area contributed by atoms with Crippen molar-refractivity contribution in [3.05, 3.63) is 35.7 Å². The highest BCUT2D eigenvalue weighted by Gasteiger charge is 2.54. The van der Waals surface area contributed by atoms with Gasteiger partial charge < -0.3 is 20.9 Å². The highest BCUT2D eigenvalue weighted by atomic mass is 16.5. The van der Waals surface area contributed by atoms with Crippen molar-refractivity contribution in [2.24, 2.45) is 5.73 Å². The lowest BCUT2D eigenvalue weighted by Gasteiger charge is -2.27. The Morgan fingerprint density at radius 2 is 2.25 bits per heavy atom. The average molecular weight is 331 g/mol. The van der Waals surface area contributed by atoms with E-state index in [2.05, 4.69) is 5.32 Å². The molecule has 4 N–H and O–H groups in total. The van der Waals surface area contributed by atoms with Crippen LogP contribution in [-0.4, -0.2) is 41.0 Å². The van der Waals surface area contributed by atoms with Crippen LogP contribution in [0.4, 0.5) is 0 Å². The second-order valence-corrected chi connectivity index (χ2v) is 6.19. The number of fused-ring (bicyclic) bond motifs is 1. The van der Waals surface area contributed by atoms with Crippen LogP contribution in [0.2, 0.25) is 0 Å². The van der Waals surface area contributed by atoms with Gasteiger partial charge in [-0.05, 0) is 43.4 Å². The fourth-order valence-electron chi connectivity index (χ4n) is 3.48. The first kappa shape index (κ1) is 16.4. The number of nitrogens with two attached hydrogens (primary N) is 1. The topological polar surface area (TPSA) is 119 Å². The maximum Gasteiger partial charge on any atom is 0.249 e. The second-order valence-electron chi connectivity index (χ2n) is 6.19. The first-order valence-corrected chi connectivity index (χ1v) is 7.84. The van der Waals surface area contributed by atoms with Gasteiger partial charge >= 0.3 is 0 Å². The summed E-state index contributed by atoms with van der Waals surface area (Å²) in [6.07, 6.45) is 3.46. The number of carbonyl (C=O) groups excluding carboxylic acids is 3. The minimum Gasteiger partial charge on any atom is -0.508 e. The third-order valence-electron chi connectivity index (χ3n) is 4.71. The van der Waals surface area contributed by atoms with Crippen LogP contribution in [0.1, 0.15) is 35.2 Å². The monoisotopic (exact) mass is 331 g/mol. The van der Waals surface area contributed by atoms with Gasteiger partial charge in [0.1, 0.15) is 17.9 Å². The summed E-state index contributed by atoms with van der Waals surface area (Å²) in [5.74, 6) is -1.22. The molecule has 127 valence electrons. The van der Waals surface area contributed by atoms with Crippen LogP contribution in [0.15, 0.2) is 18.2 Å². The lowest BCUT2D eigenvalue weighted by Crippen LogP contribution is -2.56. The van der Waals surface area contributed by atoms with E-state index in [1.807, 2.05) is 0 Å². The molecule has 0 bridgehead atoms. The van der Waals surface area contributed by atoms with Gasteiger partial charge in [0.2, 0.25) is 11.8 Å². The van der Waals surface area contributed by atoms with Gasteiger partial charge in [-0.3, -0.25) is 14.4 Å². The molecule has 1 unspecified atom stereocenters. The van der Waals surface area contributed by atoms with Crippen LogP contribution < -0.4 is 11.1 Å². The molecular formula is C17H19N2O5. The normalized spacial score (nSPS) is 25.5. The molecule has 24 heavy (non-hydrogen) atoms. The molecule has 1 aliphatic carbocycles. The van der Waals surface area contributed by atoms with Gasteiger partial charge in [-0.15, -0.1) is 0 Å². The lowest BCUT2D eigenvalue weighted by atomic mass is 9.91. The molecule has 2 aliphatic rings. The van der Waals surface area contributed by atoms with Crippen molar-refractivity contribution in [2.75, 3.05) is 6.61 Å². The fraction of sp³-hybridized carbons (Fsp3) is 0.412. The molecule has 1 aromatic rings. The standard InChI is InChI=1S/C17H19N2O5/c18-16(23)12-8-11(20)5-3-10(12)4-6-15(22)19-17-7-1-2-14(17)24-9-13(17)21/h3,5-6,8,14,20H,1-2,4,7,9H2,(H2,18,23)(H,19,22)/t14-,17?/m0/s1. The van der Waals surface area contributed by atoms with Crippen molar-refractivity contribution >= 4 is 17.6 Å². The van der Waals surface area contributed by atoms with E-state index in [1.54, 1.807) is 6.07 Å². The Kier molecular flexibility index (Phi) is 4.28. The molecule has 1 radical (unpaired) electrons. The van der Waals surface area contributed by atoms with E-state index in [-0.39, 0.29) is 42.1 Å². The van der Waals surface area contributed by atoms with Gasteiger partial charge in [-0.1, -0.05) is 6.07 Å². The third kappa shape index (κ3) is 2.87. The molecule has 0 spiro atoms. The number of benzene rings is 1. The molecule has 1 aromatic carbocycles. The van der Waals surface area contributed by atoms with E-state index < -0.39 is 11.4 Å². The summed E-state index contributed by atoms with van der Waals surface area (Å²) >= 11 is 0. The van der Waals surface area contributed by atoms with Crippen molar-refractivity contribution in [1.82, 2.24) is 5.32 Å². The Morgan fingerprint density at radius 3 is 3.00 bits per heavy atom. The molecule has 1 saturated heterocycles. The Hall–Kier alpha value is -2.41. The van der Waals surface area contributed by atoms with E-state index >= 15 is 0 Å². The Labute approximate surface area is 139 Å². The summed E-state index contributed by atoms with van der Waals surface area (Å²) < 4.78 is 5.45. The average Bonchev–Trinajstić information content (AvgIpc) is 3.06. The highest BCUT2D eigenvalue weighted by Crippen LogP contribution is 2.37. The van der Waals surface area contributed by atoms with Crippen LogP contribution in [0.3, 0.4) is 0 Å². The lowest BCUT2D eigenvalue weighted by molar-refractivity contribution is -0.128. The van der Waals surface area contributed by atoms with E-state index in [4.69, 9.17) is 10.5 Å². The maximum absolute atomic E-state index is 12.3. The van der Waals surface area contributed by atoms with Crippen molar-refractivity contribution < 1.29 is 24.2 Å². The molecule has 7 heteroatoms. The number of ether oxygens (including phenoxy) is 1. The molecule has 1 saturated carbocycles. The quantitative estimate of drug-likeness (QED) is 0.714. The Bertz CT molecular complexity index is 702. The number of amides is 2. The van der Waals surface area contributed by atoms with Crippen molar-refractivity contribution in [2.45, 2.75) is 37.3 Å². The summed E-state index contributed by atoms with van der Waals surface area (Å²) in [5, 5.41) is 12.2. The summed E-state index contributed by atoms with van der Waals surface area (Å²) in [6.45, 7) is 0.0364. The second kappa shape index (κ2) is 6.24. The summed E-state index contributed by atoms with van der Waals surface area (Å²) in [4.78, 5) is 35.8. The van der Waals surface area contributed by atoms with Gasteiger partial charge in [-0.25, -0.2) is 0 Å². The minimum absolute atomic E-state index is 0.0364. The van der Waals surface area contributed by atoms with Crippen molar-refractivity contribution in [3.8, 4) is 5.75 Å². The van der Waals surface area contributed by atoms with E-state index in [0.717, 1.165) is 12.8 Å². The van der Waals surface area contributed by atoms with E-state index in [1.165, 1.54) is 18.6 Å². The van der Waals surface area contributed by atoms with Gasteiger partial charge in [0.15, 0.2) is 5.78 Å². The Morgan fingerprint density at radius 1 is 1.46 bits per heavy atom. The molecule has 2 atom stereocenters. The number of ketones is 1. The first-order valence-electron chi connectivity index (χ1n) is 7.84. The zero-order chi connectivity index (χ0) is 17.3. The molecule has 2 fully saturated rings. The van der Waals surface area contributed by atoms with Crippen LogP contribution >= 0.6 is 0 Å². The minimum atomic E-state index is -0.908. The number of primary amides is 1. The summed E-state index contributed by atoms with van der Waals surface area (Å²) in [7, 11) is 0. The predicted molar refractivity (Wildman–Crippen MR) is 84.1 cm³/mol. The number of hydrogen-bond donors (Lipinski definition) is 3. The largest absolute Gasteiger partial charge is 0.508 e. The number of rotatable bonds is 5. The summed E-state index contributed by atoms with van der Waals surface area (Å²) in [6, 6.07) is 4.23. The van der Waals surface area contributed by atoms with Gasteiger partial charge in [0.05, 0.1) is 12.5 Å². The van der Waals surface area contributed by atoms with Crippen LogP contribution in [0, 0.1) is 6.42 Å². The van der Waals surface area contributed by atoms with Crippen LogP contribution in [-0.2, 0) is 20.7 Å². The number of nitrogens with one attached hydrogen (secondary N) is 1. The van der Waals surface area contributed by atoms with Crippen molar-refractivity contribution in [3.63, 3.8) is 0 Å². The van der Waals surface area contributed by atoms with Gasteiger partial charge in [0, 0.05) is 5.56 Å². The zero-order valence-electron chi connectivity index (χ0n) is 13.1. The summed E-state index contributed by atoms with van der Waals surface area (Å²) in [5.41, 5.74) is 5.07. The smallest absolute Gasteiger partial charge is 0.249 e. The Balaban J connectivity index is 1.66. The molecule has 3 rings (SSSR count). The maximum atomic E-state index is 12.3. The number of carbonyl (C=O) groups is 3. The van der Waals surface area contributed by atoms with E-state index in [0.29, 0.717) is 12.0 Å². The number of Topliss-reactive ketones (excluding diaryl/α,β-unsaturated/α-hetero) is 1. The predicted octanol–water partition coefficient (Wildman–Crippen LogP) is 0.245.